The molecule has 1 aromatic heterocycles. The van der Waals surface area contributed by atoms with Gasteiger partial charge in [-0.1, -0.05) is 12.1 Å². The minimum atomic E-state index is -0.352. The molecular weight excluding hydrogens is 272 g/mol. The van der Waals surface area contributed by atoms with E-state index in [0.717, 1.165) is 6.42 Å². The SMILES string of the molecule is C=C(O)OC[C@@H]1CC[C@H](n2cnc3ccccc3c2=O)O1. The molecule has 2 atom stereocenters. The second-order valence-corrected chi connectivity index (χ2v) is 4.97. The lowest BCUT2D eigenvalue weighted by Gasteiger charge is -2.16. The Morgan fingerprint density at radius 3 is 3.10 bits per heavy atom. The summed E-state index contributed by atoms with van der Waals surface area (Å²) < 4.78 is 12.2. The molecule has 6 nitrogen and oxygen atoms in total. The van der Waals surface area contributed by atoms with E-state index in [2.05, 4.69) is 11.6 Å². The van der Waals surface area contributed by atoms with Gasteiger partial charge in [-0.3, -0.25) is 9.36 Å². The lowest BCUT2D eigenvalue weighted by molar-refractivity contribution is -0.0443. The molecule has 0 saturated carbocycles. The third-order valence-electron chi connectivity index (χ3n) is 3.52. The molecule has 6 heteroatoms. The molecule has 1 aliphatic rings. The molecule has 1 saturated heterocycles. The molecule has 0 spiro atoms. The van der Waals surface area contributed by atoms with E-state index in [0.29, 0.717) is 17.3 Å². The van der Waals surface area contributed by atoms with Crippen LogP contribution in [0.1, 0.15) is 19.1 Å². The first-order valence-corrected chi connectivity index (χ1v) is 6.77. The zero-order valence-electron chi connectivity index (χ0n) is 11.4. The van der Waals surface area contributed by atoms with Crippen molar-refractivity contribution in [3.63, 3.8) is 0 Å². The molecule has 0 aliphatic carbocycles. The number of fused-ring (bicyclic) bond motifs is 1. The summed E-state index contributed by atoms with van der Waals surface area (Å²) >= 11 is 0. The van der Waals surface area contributed by atoms with Crippen LogP contribution in [-0.4, -0.2) is 27.4 Å². The van der Waals surface area contributed by atoms with Crippen molar-refractivity contribution >= 4 is 10.9 Å². The van der Waals surface area contributed by atoms with Crippen molar-refractivity contribution in [2.75, 3.05) is 6.61 Å². The topological polar surface area (TPSA) is 73.6 Å². The Bertz CT molecular complexity index is 725. The predicted molar refractivity (Wildman–Crippen MR) is 76.9 cm³/mol. The normalized spacial score (nSPS) is 21.5. The number of para-hydroxylation sites is 1. The van der Waals surface area contributed by atoms with Gasteiger partial charge in [0.15, 0.2) is 0 Å². The van der Waals surface area contributed by atoms with Crippen LogP contribution < -0.4 is 5.56 Å². The van der Waals surface area contributed by atoms with E-state index in [1.165, 1.54) is 10.9 Å². The molecule has 0 unspecified atom stereocenters. The summed E-state index contributed by atoms with van der Waals surface area (Å²) in [4.78, 5) is 16.7. The Morgan fingerprint density at radius 1 is 1.48 bits per heavy atom. The van der Waals surface area contributed by atoms with Crippen LogP contribution in [0.3, 0.4) is 0 Å². The second kappa shape index (κ2) is 5.57. The second-order valence-electron chi connectivity index (χ2n) is 4.97. The molecule has 2 heterocycles. The maximum Gasteiger partial charge on any atom is 0.269 e. The maximum atomic E-state index is 12.4. The van der Waals surface area contributed by atoms with Gasteiger partial charge < -0.3 is 14.6 Å². The fourth-order valence-electron chi connectivity index (χ4n) is 2.49. The Hall–Kier alpha value is -2.34. The Kier molecular flexibility index (Phi) is 3.62. The van der Waals surface area contributed by atoms with Crippen LogP contribution in [0.4, 0.5) is 0 Å². The van der Waals surface area contributed by atoms with Gasteiger partial charge in [-0.2, -0.15) is 0 Å². The van der Waals surface area contributed by atoms with Crippen LogP contribution in [0.5, 0.6) is 0 Å². The van der Waals surface area contributed by atoms with Gasteiger partial charge in [0.1, 0.15) is 19.2 Å². The number of nitrogens with zero attached hydrogens (tertiary/aromatic N) is 2. The van der Waals surface area contributed by atoms with Gasteiger partial charge in [0.25, 0.3) is 11.5 Å². The molecule has 21 heavy (non-hydrogen) atoms. The minimum absolute atomic E-state index is 0.112. The van der Waals surface area contributed by atoms with E-state index in [9.17, 15) is 4.79 Å². The number of ether oxygens (including phenoxy) is 2. The summed E-state index contributed by atoms with van der Waals surface area (Å²) in [6, 6.07) is 7.22. The first-order chi connectivity index (χ1) is 10.1. The van der Waals surface area contributed by atoms with Crippen LogP contribution >= 0.6 is 0 Å². The predicted octanol–water partition coefficient (Wildman–Crippen LogP) is 2.12. The van der Waals surface area contributed by atoms with Gasteiger partial charge in [0.2, 0.25) is 0 Å². The molecule has 3 rings (SSSR count). The first-order valence-electron chi connectivity index (χ1n) is 6.77. The van der Waals surface area contributed by atoms with E-state index in [-0.39, 0.29) is 30.4 Å². The van der Waals surface area contributed by atoms with Crippen LogP contribution in [0.25, 0.3) is 10.9 Å². The fraction of sp³-hybridized carbons (Fsp3) is 0.333. The molecule has 0 amide bonds. The molecule has 0 radical (unpaired) electrons. The van der Waals surface area contributed by atoms with Gasteiger partial charge >= 0.3 is 0 Å². The van der Waals surface area contributed by atoms with Gasteiger partial charge in [0, 0.05) is 0 Å². The molecule has 2 aromatic rings. The van der Waals surface area contributed by atoms with Crippen molar-refractivity contribution in [3.05, 3.63) is 53.5 Å². The van der Waals surface area contributed by atoms with E-state index in [1.54, 1.807) is 12.1 Å². The van der Waals surface area contributed by atoms with Crippen molar-refractivity contribution < 1.29 is 14.6 Å². The lowest BCUT2D eigenvalue weighted by Crippen LogP contribution is -2.26. The third-order valence-corrected chi connectivity index (χ3v) is 3.52. The lowest BCUT2D eigenvalue weighted by atomic mass is 10.2. The average molecular weight is 288 g/mol. The number of rotatable bonds is 4. The quantitative estimate of drug-likeness (QED) is 0.872. The summed E-state index contributed by atoms with van der Waals surface area (Å²) in [6.45, 7) is 3.48. The van der Waals surface area contributed by atoms with Gasteiger partial charge in [-0.25, -0.2) is 4.98 Å². The van der Waals surface area contributed by atoms with Crippen LogP contribution in [0.2, 0.25) is 0 Å². The van der Waals surface area contributed by atoms with Crippen molar-refractivity contribution in [2.45, 2.75) is 25.2 Å². The summed E-state index contributed by atoms with van der Waals surface area (Å²) in [7, 11) is 0. The molecule has 1 aromatic carbocycles. The van der Waals surface area contributed by atoms with Crippen molar-refractivity contribution in [1.82, 2.24) is 9.55 Å². The molecule has 0 bridgehead atoms. The number of aromatic nitrogens is 2. The van der Waals surface area contributed by atoms with Gasteiger partial charge in [-0.15, -0.1) is 0 Å². The molecule has 110 valence electrons. The first kappa shape index (κ1) is 13.6. The van der Waals surface area contributed by atoms with Gasteiger partial charge in [0.05, 0.1) is 17.0 Å². The monoisotopic (exact) mass is 288 g/mol. The fourth-order valence-corrected chi connectivity index (χ4v) is 2.49. The smallest absolute Gasteiger partial charge is 0.269 e. The van der Waals surface area contributed by atoms with E-state index < -0.39 is 0 Å². The number of aliphatic hydroxyl groups excluding tert-OH is 1. The van der Waals surface area contributed by atoms with E-state index in [4.69, 9.17) is 14.6 Å². The summed E-state index contributed by atoms with van der Waals surface area (Å²) in [6.07, 6.45) is 2.44. The molecule has 1 N–H and O–H groups in total. The van der Waals surface area contributed by atoms with E-state index in [1.807, 2.05) is 12.1 Å². The highest BCUT2D eigenvalue weighted by molar-refractivity contribution is 5.76. The zero-order chi connectivity index (χ0) is 14.8. The number of benzene rings is 1. The van der Waals surface area contributed by atoms with Crippen LogP contribution in [0.15, 0.2) is 47.9 Å². The summed E-state index contributed by atoms with van der Waals surface area (Å²) in [5.41, 5.74) is 0.562. The highest BCUT2D eigenvalue weighted by Crippen LogP contribution is 2.27. The Labute approximate surface area is 121 Å². The summed E-state index contributed by atoms with van der Waals surface area (Å²) in [5.74, 6) is -0.327. The van der Waals surface area contributed by atoms with Crippen LogP contribution in [0, 0.1) is 0 Å². The zero-order valence-corrected chi connectivity index (χ0v) is 11.4. The van der Waals surface area contributed by atoms with E-state index >= 15 is 0 Å². The highest BCUT2D eigenvalue weighted by atomic mass is 16.6. The number of hydrogen-bond acceptors (Lipinski definition) is 5. The minimum Gasteiger partial charge on any atom is -0.481 e. The standard InChI is InChI=1S/C15H16N2O4/c1-10(18)20-8-11-6-7-14(21-11)17-9-16-13-5-3-2-4-12(13)15(17)19/h2-5,9,11,14,18H,1,6-8H2/t11-,14+/m0/s1. The molecular formula is C15H16N2O4. The molecule has 1 fully saturated rings. The Balaban J connectivity index is 1.80. The average Bonchev–Trinajstić information content (AvgIpc) is 2.94. The van der Waals surface area contributed by atoms with Crippen LogP contribution in [-0.2, 0) is 9.47 Å². The largest absolute Gasteiger partial charge is 0.481 e. The van der Waals surface area contributed by atoms with Crippen molar-refractivity contribution in [3.8, 4) is 0 Å². The number of aliphatic hydroxyl groups is 1. The highest BCUT2D eigenvalue weighted by Gasteiger charge is 2.28. The number of hydrogen-bond donors (Lipinski definition) is 1. The van der Waals surface area contributed by atoms with Crippen molar-refractivity contribution in [2.24, 2.45) is 0 Å². The Morgan fingerprint density at radius 2 is 2.29 bits per heavy atom. The third kappa shape index (κ3) is 2.75. The molecule has 1 aliphatic heterocycles. The summed E-state index contributed by atoms with van der Waals surface area (Å²) in [5, 5.41) is 9.50. The maximum absolute atomic E-state index is 12.4. The van der Waals surface area contributed by atoms with Crippen molar-refractivity contribution in [1.29, 1.82) is 0 Å². The van der Waals surface area contributed by atoms with Gasteiger partial charge in [-0.05, 0) is 31.6 Å².